The number of thiophene rings is 1. The van der Waals surface area contributed by atoms with Gasteiger partial charge < -0.3 is 10.0 Å². The third-order valence-corrected chi connectivity index (χ3v) is 5.56. The van der Waals surface area contributed by atoms with Crippen LogP contribution in [-0.4, -0.2) is 29.6 Å². The van der Waals surface area contributed by atoms with Gasteiger partial charge in [0.2, 0.25) is 0 Å². The van der Waals surface area contributed by atoms with Gasteiger partial charge in [0, 0.05) is 15.4 Å². The maximum atomic E-state index is 10.6. The van der Waals surface area contributed by atoms with Crippen molar-refractivity contribution < 1.29 is 5.11 Å². The minimum Gasteiger partial charge on any atom is -0.386 e. The molecule has 0 aliphatic heterocycles. The molecular formula is C12H18BrNOS. The Morgan fingerprint density at radius 1 is 1.38 bits per heavy atom. The standard InChI is InChI=1S/C12H18BrNOS/c1-14(2)12(5-3-4-6-12)11(15)9-7-16-8-10(9)13/h7-8,11,15H,3-6H2,1-2H3. The van der Waals surface area contributed by atoms with Crippen molar-refractivity contribution in [3.63, 3.8) is 0 Å². The van der Waals surface area contributed by atoms with Gasteiger partial charge in [0.15, 0.2) is 0 Å². The Hall–Kier alpha value is 0.100. The molecule has 2 nitrogen and oxygen atoms in total. The largest absolute Gasteiger partial charge is 0.386 e. The van der Waals surface area contributed by atoms with Crippen LogP contribution in [0.1, 0.15) is 37.4 Å². The second-order valence-corrected chi connectivity index (χ2v) is 6.38. The van der Waals surface area contributed by atoms with Crippen molar-refractivity contribution in [3.05, 3.63) is 20.8 Å². The highest BCUT2D eigenvalue weighted by Crippen LogP contribution is 2.45. The molecule has 4 heteroatoms. The van der Waals surface area contributed by atoms with Gasteiger partial charge >= 0.3 is 0 Å². The lowest BCUT2D eigenvalue weighted by Crippen LogP contribution is -2.46. The zero-order valence-corrected chi connectivity index (χ0v) is 12.1. The smallest absolute Gasteiger partial charge is 0.0992 e. The monoisotopic (exact) mass is 303 g/mol. The van der Waals surface area contributed by atoms with Crippen LogP contribution in [-0.2, 0) is 0 Å². The van der Waals surface area contributed by atoms with E-state index in [1.54, 1.807) is 11.3 Å². The number of aliphatic hydroxyl groups is 1. The van der Waals surface area contributed by atoms with Crippen LogP contribution < -0.4 is 0 Å². The van der Waals surface area contributed by atoms with Crippen LogP contribution in [0.5, 0.6) is 0 Å². The second-order valence-electron chi connectivity index (χ2n) is 4.78. The van der Waals surface area contributed by atoms with E-state index in [-0.39, 0.29) is 11.6 Å². The molecule has 1 heterocycles. The molecule has 1 aromatic rings. The molecule has 0 radical (unpaired) electrons. The molecule has 1 aliphatic carbocycles. The number of likely N-dealkylation sites (N-methyl/N-ethyl adjacent to an activating group) is 1. The van der Waals surface area contributed by atoms with Gasteiger partial charge in [-0.2, -0.15) is 11.3 Å². The number of nitrogens with zero attached hydrogens (tertiary/aromatic N) is 1. The van der Waals surface area contributed by atoms with E-state index in [0.29, 0.717) is 0 Å². The van der Waals surface area contributed by atoms with E-state index in [2.05, 4.69) is 40.3 Å². The lowest BCUT2D eigenvalue weighted by atomic mass is 9.86. The first-order valence-electron chi connectivity index (χ1n) is 5.65. The number of hydrogen-bond acceptors (Lipinski definition) is 3. The zero-order valence-electron chi connectivity index (χ0n) is 9.74. The summed E-state index contributed by atoms with van der Waals surface area (Å²) in [4.78, 5) is 2.20. The summed E-state index contributed by atoms with van der Waals surface area (Å²) in [5.74, 6) is 0. The highest BCUT2D eigenvalue weighted by atomic mass is 79.9. The fourth-order valence-electron chi connectivity index (χ4n) is 2.73. The van der Waals surface area contributed by atoms with Crippen LogP contribution in [0, 0.1) is 0 Å². The minimum absolute atomic E-state index is 0.0659. The molecule has 1 unspecified atom stereocenters. The van der Waals surface area contributed by atoms with Gasteiger partial charge in [-0.25, -0.2) is 0 Å². The molecule has 2 rings (SSSR count). The van der Waals surface area contributed by atoms with E-state index in [1.165, 1.54) is 12.8 Å². The highest BCUT2D eigenvalue weighted by Gasteiger charge is 2.43. The Balaban J connectivity index is 2.31. The van der Waals surface area contributed by atoms with E-state index in [1.807, 2.05) is 5.38 Å². The third kappa shape index (κ3) is 1.96. The molecule has 1 aliphatic rings. The lowest BCUT2D eigenvalue weighted by molar-refractivity contribution is -0.00490. The fourth-order valence-corrected chi connectivity index (χ4v) is 4.26. The van der Waals surface area contributed by atoms with Crippen LogP contribution in [0.25, 0.3) is 0 Å². The van der Waals surface area contributed by atoms with E-state index >= 15 is 0 Å². The Kier molecular flexibility index (Phi) is 3.74. The molecule has 90 valence electrons. The maximum Gasteiger partial charge on any atom is 0.0992 e. The molecule has 1 fully saturated rings. The molecular weight excluding hydrogens is 286 g/mol. The summed E-state index contributed by atoms with van der Waals surface area (Å²) in [5.41, 5.74) is 0.976. The van der Waals surface area contributed by atoms with Crippen LogP contribution in [0.4, 0.5) is 0 Å². The van der Waals surface area contributed by atoms with Crippen LogP contribution in [0.2, 0.25) is 0 Å². The summed E-state index contributed by atoms with van der Waals surface area (Å²) in [6.45, 7) is 0. The van der Waals surface area contributed by atoms with E-state index in [0.717, 1.165) is 22.9 Å². The average molecular weight is 304 g/mol. The Morgan fingerprint density at radius 3 is 2.44 bits per heavy atom. The van der Waals surface area contributed by atoms with Crippen LogP contribution in [0.3, 0.4) is 0 Å². The van der Waals surface area contributed by atoms with Crippen molar-refractivity contribution in [3.8, 4) is 0 Å². The normalized spacial score (nSPS) is 21.6. The number of halogens is 1. The molecule has 0 saturated heterocycles. The summed E-state index contributed by atoms with van der Waals surface area (Å²) >= 11 is 5.16. The summed E-state index contributed by atoms with van der Waals surface area (Å²) in [5, 5.41) is 14.7. The van der Waals surface area contributed by atoms with Crippen molar-refractivity contribution >= 4 is 27.3 Å². The van der Waals surface area contributed by atoms with Crippen molar-refractivity contribution in [1.29, 1.82) is 0 Å². The van der Waals surface area contributed by atoms with Crippen molar-refractivity contribution in [2.75, 3.05) is 14.1 Å². The van der Waals surface area contributed by atoms with Crippen molar-refractivity contribution in [1.82, 2.24) is 4.90 Å². The highest BCUT2D eigenvalue weighted by molar-refractivity contribution is 9.10. The fraction of sp³-hybridized carbons (Fsp3) is 0.667. The van der Waals surface area contributed by atoms with Gasteiger partial charge in [0.05, 0.1) is 11.6 Å². The maximum absolute atomic E-state index is 10.6. The number of hydrogen-bond donors (Lipinski definition) is 1. The first-order chi connectivity index (χ1) is 7.58. The van der Waals surface area contributed by atoms with Gasteiger partial charge in [0.1, 0.15) is 0 Å². The molecule has 0 spiro atoms. The van der Waals surface area contributed by atoms with E-state index in [9.17, 15) is 5.11 Å². The SMILES string of the molecule is CN(C)C1(C(O)c2cscc2Br)CCCC1. The molecule has 16 heavy (non-hydrogen) atoms. The molecule has 0 bridgehead atoms. The summed E-state index contributed by atoms with van der Waals surface area (Å²) in [7, 11) is 4.16. The zero-order chi connectivity index (χ0) is 11.8. The molecule has 0 amide bonds. The molecule has 1 atom stereocenters. The van der Waals surface area contributed by atoms with Gasteiger partial charge in [-0.3, -0.25) is 0 Å². The average Bonchev–Trinajstić information content (AvgIpc) is 2.85. The van der Waals surface area contributed by atoms with Crippen LogP contribution >= 0.6 is 27.3 Å². The minimum atomic E-state index is -0.384. The number of aliphatic hydroxyl groups excluding tert-OH is 1. The van der Waals surface area contributed by atoms with Crippen LogP contribution in [0.15, 0.2) is 15.2 Å². The topological polar surface area (TPSA) is 23.5 Å². The Labute approximate surface area is 109 Å². The molecule has 1 N–H and O–H groups in total. The van der Waals surface area contributed by atoms with Gasteiger partial charge in [-0.1, -0.05) is 12.8 Å². The van der Waals surface area contributed by atoms with Gasteiger partial charge in [0.25, 0.3) is 0 Å². The molecule has 1 aromatic heterocycles. The molecule has 0 aromatic carbocycles. The molecule has 1 saturated carbocycles. The van der Waals surface area contributed by atoms with E-state index < -0.39 is 0 Å². The summed E-state index contributed by atoms with van der Waals surface area (Å²) < 4.78 is 1.04. The predicted octanol–water partition coefficient (Wildman–Crippen LogP) is 3.42. The van der Waals surface area contributed by atoms with Crippen molar-refractivity contribution in [2.45, 2.75) is 37.3 Å². The first-order valence-corrected chi connectivity index (χ1v) is 7.38. The lowest BCUT2D eigenvalue weighted by Gasteiger charge is -2.40. The predicted molar refractivity (Wildman–Crippen MR) is 71.9 cm³/mol. The third-order valence-electron chi connectivity index (χ3n) is 3.81. The van der Waals surface area contributed by atoms with Gasteiger partial charge in [-0.05, 0) is 48.2 Å². The second kappa shape index (κ2) is 4.77. The van der Waals surface area contributed by atoms with Gasteiger partial charge in [-0.15, -0.1) is 0 Å². The first kappa shape index (κ1) is 12.6. The van der Waals surface area contributed by atoms with E-state index in [4.69, 9.17) is 0 Å². The van der Waals surface area contributed by atoms with Crippen molar-refractivity contribution in [2.24, 2.45) is 0 Å². The summed E-state index contributed by atoms with van der Waals surface area (Å²) in [6.07, 6.45) is 4.23. The quantitative estimate of drug-likeness (QED) is 0.925. The summed E-state index contributed by atoms with van der Waals surface area (Å²) in [6, 6.07) is 0. The Morgan fingerprint density at radius 2 is 2.00 bits per heavy atom. The number of rotatable bonds is 3. The Bertz CT molecular complexity index is 358.